The summed E-state index contributed by atoms with van der Waals surface area (Å²) in [6.45, 7) is 18.0. The average Bonchev–Trinajstić information content (AvgIpc) is 2.70. The number of amides is 1. The predicted octanol–water partition coefficient (Wildman–Crippen LogP) is 6.96. The van der Waals surface area contributed by atoms with Crippen molar-refractivity contribution in [3.63, 3.8) is 0 Å². The van der Waals surface area contributed by atoms with E-state index < -0.39 is 5.60 Å². The first-order chi connectivity index (χ1) is 14.5. The molecule has 0 fully saturated rings. The molecule has 31 heavy (non-hydrogen) atoms. The largest absolute Gasteiger partial charge is 0.444 e. The number of ether oxygens (including phenoxy) is 1. The summed E-state index contributed by atoms with van der Waals surface area (Å²) >= 11 is 0. The van der Waals surface area contributed by atoms with Crippen LogP contribution < -0.4 is 0 Å². The van der Waals surface area contributed by atoms with Crippen molar-refractivity contribution < 1.29 is 9.53 Å². The molecule has 0 radical (unpaired) electrons. The van der Waals surface area contributed by atoms with E-state index in [0.717, 1.165) is 37.9 Å². The summed E-state index contributed by atoms with van der Waals surface area (Å²) in [4.78, 5) is 18.8. The molecule has 0 aliphatic rings. The van der Waals surface area contributed by atoms with Crippen LogP contribution in [0.5, 0.6) is 0 Å². The van der Waals surface area contributed by atoms with Gasteiger partial charge in [-0.1, -0.05) is 45.9 Å². The van der Waals surface area contributed by atoms with Crippen LogP contribution in [0.3, 0.4) is 0 Å². The Balaban J connectivity index is 2.95. The van der Waals surface area contributed by atoms with Gasteiger partial charge in [-0.15, -0.1) is 0 Å². The molecule has 0 aliphatic carbocycles. The molecule has 4 heteroatoms. The fourth-order valence-electron chi connectivity index (χ4n) is 3.80. The van der Waals surface area contributed by atoms with E-state index in [0.29, 0.717) is 12.5 Å². The number of carbonyl (C=O) groups excluding carboxylic acids is 1. The summed E-state index contributed by atoms with van der Waals surface area (Å²) in [7, 11) is 1.85. The van der Waals surface area contributed by atoms with Crippen molar-refractivity contribution in [2.75, 3.05) is 20.1 Å². The predicted molar refractivity (Wildman–Crippen MR) is 134 cm³/mol. The SMILES string of the molecule is CCCN(CC(C)Cc1ccc(/C(C)=C/C(CC)=NC)c(CC)c1)C(=O)OC(C)(C)C. The van der Waals surface area contributed by atoms with Crippen molar-refractivity contribution in [1.29, 1.82) is 0 Å². The Morgan fingerprint density at radius 3 is 2.42 bits per heavy atom. The first kappa shape index (κ1) is 26.9. The Kier molecular flexibility index (Phi) is 11.0. The van der Waals surface area contributed by atoms with Gasteiger partial charge in [-0.25, -0.2) is 4.79 Å². The average molecular weight is 429 g/mol. The lowest BCUT2D eigenvalue weighted by molar-refractivity contribution is 0.0224. The van der Waals surface area contributed by atoms with Crippen LogP contribution >= 0.6 is 0 Å². The summed E-state index contributed by atoms with van der Waals surface area (Å²) in [6, 6.07) is 6.80. The molecule has 1 aromatic rings. The van der Waals surface area contributed by atoms with Crippen LogP contribution in [-0.2, 0) is 17.6 Å². The summed E-state index contributed by atoms with van der Waals surface area (Å²) in [6.07, 6.45) is 5.78. The van der Waals surface area contributed by atoms with E-state index in [2.05, 4.69) is 63.9 Å². The fraction of sp³-hybridized carbons (Fsp3) is 0.630. The maximum Gasteiger partial charge on any atom is 0.410 e. The standard InChI is InChI=1S/C27H44N2O2/c1-10-15-29(26(30)31-27(6,7)8)19-20(4)16-22-13-14-25(23(11-2)18-22)21(5)17-24(12-3)28-9/h13-14,17-18,20H,10-12,15-16,19H2,1-9H3/b21-17+,28-24?. The first-order valence-corrected chi connectivity index (χ1v) is 11.8. The molecular formula is C27H44N2O2. The minimum atomic E-state index is -0.469. The van der Waals surface area contributed by atoms with Crippen LogP contribution in [0, 0.1) is 5.92 Å². The number of aryl methyl sites for hydroxylation is 1. The topological polar surface area (TPSA) is 41.9 Å². The number of nitrogens with zero attached hydrogens (tertiary/aromatic N) is 2. The van der Waals surface area contributed by atoms with E-state index in [1.54, 1.807) is 0 Å². The molecular weight excluding hydrogens is 384 g/mol. The van der Waals surface area contributed by atoms with Crippen LogP contribution in [0.4, 0.5) is 4.79 Å². The van der Waals surface area contributed by atoms with Gasteiger partial charge in [-0.3, -0.25) is 4.99 Å². The zero-order chi connectivity index (χ0) is 23.6. The molecule has 1 atom stereocenters. The van der Waals surface area contributed by atoms with Gasteiger partial charge in [0.2, 0.25) is 0 Å². The molecule has 0 spiro atoms. The number of allylic oxidation sites excluding steroid dienone is 2. The van der Waals surface area contributed by atoms with Crippen molar-refractivity contribution in [1.82, 2.24) is 4.90 Å². The van der Waals surface area contributed by atoms with Gasteiger partial charge in [0.1, 0.15) is 5.60 Å². The molecule has 174 valence electrons. The molecule has 0 aromatic heterocycles. The smallest absolute Gasteiger partial charge is 0.410 e. The molecule has 1 amide bonds. The van der Waals surface area contributed by atoms with Crippen LogP contribution in [0.1, 0.15) is 84.9 Å². The van der Waals surface area contributed by atoms with Gasteiger partial charge < -0.3 is 9.64 Å². The summed E-state index contributed by atoms with van der Waals surface area (Å²) in [5.74, 6) is 0.352. The van der Waals surface area contributed by atoms with E-state index in [-0.39, 0.29) is 6.09 Å². The Morgan fingerprint density at radius 1 is 1.23 bits per heavy atom. The molecule has 0 saturated carbocycles. The van der Waals surface area contributed by atoms with Gasteiger partial charge in [0, 0.05) is 25.8 Å². The van der Waals surface area contributed by atoms with E-state index >= 15 is 0 Å². The summed E-state index contributed by atoms with van der Waals surface area (Å²) in [5.41, 5.74) is 5.90. The normalized spacial score (nSPS) is 13.8. The Labute approximate surface area is 190 Å². The van der Waals surface area contributed by atoms with Crippen molar-refractivity contribution in [3.05, 3.63) is 41.0 Å². The van der Waals surface area contributed by atoms with Gasteiger partial charge in [-0.05, 0) is 87.6 Å². The van der Waals surface area contributed by atoms with Crippen LogP contribution in [0.25, 0.3) is 5.57 Å². The maximum atomic E-state index is 12.6. The molecule has 0 aliphatic heterocycles. The first-order valence-electron chi connectivity index (χ1n) is 11.8. The Morgan fingerprint density at radius 2 is 1.90 bits per heavy atom. The van der Waals surface area contributed by atoms with Gasteiger partial charge >= 0.3 is 6.09 Å². The number of hydrogen-bond donors (Lipinski definition) is 0. The van der Waals surface area contributed by atoms with E-state index in [1.165, 1.54) is 22.3 Å². The van der Waals surface area contributed by atoms with Crippen LogP contribution in [-0.4, -0.2) is 42.4 Å². The quantitative estimate of drug-likeness (QED) is 0.378. The molecule has 0 bridgehead atoms. The Bertz CT molecular complexity index is 772. The fourth-order valence-corrected chi connectivity index (χ4v) is 3.80. The van der Waals surface area contributed by atoms with Crippen molar-refractivity contribution in [2.45, 2.75) is 86.7 Å². The second-order valence-corrected chi connectivity index (χ2v) is 9.48. The summed E-state index contributed by atoms with van der Waals surface area (Å²) < 4.78 is 5.60. The maximum absolute atomic E-state index is 12.6. The van der Waals surface area contributed by atoms with Crippen molar-refractivity contribution >= 4 is 17.4 Å². The van der Waals surface area contributed by atoms with Gasteiger partial charge in [0.25, 0.3) is 0 Å². The molecule has 4 nitrogen and oxygen atoms in total. The van der Waals surface area contributed by atoms with E-state index in [1.807, 2.05) is 32.7 Å². The third kappa shape index (κ3) is 9.28. The number of aliphatic imine (C=N–C) groups is 1. The van der Waals surface area contributed by atoms with Crippen LogP contribution in [0.2, 0.25) is 0 Å². The van der Waals surface area contributed by atoms with E-state index in [9.17, 15) is 4.79 Å². The second kappa shape index (κ2) is 12.7. The molecule has 1 unspecified atom stereocenters. The second-order valence-electron chi connectivity index (χ2n) is 9.48. The highest BCUT2D eigenvalue weighted by Gasteiger charge is 2.23. The monoisotopic (exact) mass is 428 g/mol. The van der Waals surface area contributed by atoms with E-state index in [4.69, 9.17) is 4.74 Å². The molecule has 1 aromatic carbocycles. The molecule has 0 heterocycles. The van der Waals surface area contributed by atoms with Crippen LogP contribution in [0.15, 0.2) is 29.3 Å². The van der Waals surface area contributed by atoms with Gasteiger partial charge in [0.05, 0.1) is 0 Å². The molecule has 1 rings (SSSR count). The van der Waals surface area contributed by atoms with Crippen molar-refractivity contribution in [3.8, 4) is 0 Å². The number of rotatable bonds is 10. The highest BCUT2D eigenvalue weighted by molar-refractivity contribution is 6.00. The third-order valence-electron chi connectivity index (χ3n) is 5.27. The zero-order valence-corrected chi connectivity index (χ0v) is 21.3. The highest BCUT2D eigenvalue weighted by Crippen LogP contribution is 2.23. The number of hydrogen-bond acceptors (Lipinski definition) is 3. The number of carbonyl (C=O) groups is 1. The molecule has 0 saturated heterocycles. The van der Waals surface area contributed by atoms with Crippen molar-refractivity contribution in [2.24, 2.45) is 10.9 Å². The number of benzene rings is 1. The Hall–Kier alpha value is -2.10. The zero-order valence-electron chi connectivity index (χ0n) is 21.3. The van der Waals surface area contributed by atoms with Gasteiger partial charge in [-0.2, -0.15) is 0 Å². The third-order valence-corrected chi connectivity index (χ3v) is 5.27. The summed E-state index contributed by atoms with van der Waals surface area (Å²) in [5, 5.41) is 0. The lowest BCUT2D eigenvalue weighted by atomic mass is 9.92. The molecule has 0 N–H and O–H groups in total. The lowest BCUT2D eigenvalue weighted by Crippen LogP contribution is -2.40. The van der Waals surface area contributed by atoms with Gasteiger partial charge in [0.15, 0.2) is 0 Å². The highest BCUT2D eigenvalue weighted by atomic mass is 16.6. The lowest BCUT2D eigenvalue weighted by Gasteiger charge is -2.29. The minimum absolute atomic E-state index is 0.212. The minimum Gasteiger partial charge on any atom is -0.444 e.